The summed E-state index contributed by atoms with van der Waals surface area (Å²) in [7, 11) is 0. The second-order valence-corrected chi connectivity index (χ2v) is 5.05. The molecule has 3 rings (SSSR count). The molecule has 0 amide bonds. The summed E-state index contributed by atoms with van der Waals surface area (Å²) >= 11 is 6.03. The van der Waals surface area contributed by atoms with Crippen molar-refractivity contribution < 1.29 is 4.39 Å². The third-order valence-electron chi connectivity index (χ3n) is 3.38. The molecule has 0 fully saturated rings. The van der Waals surface area contributed by atoms with Gasteiger partial charge in [-0.2, -0.15) is 0 Å². The maximum atomic E-state index is 13.3. The molecular formula is C14H13ClFN3. The summed E-state index contributed by atoms with van der Waals surface area (Å²) in [6, 6.07) is 1.83. The van der Waals surface area contributed by atoms with Crippen LogP contribution in [0.15, 0.2) is 35.6 Å². The summed E-state index contributed by atoms with van der Waals surface area (Å²) in [6.45, 7) is 2.98. The van der Waals surface area contributed by atoms with E-state index in [1.807, 2.05) is 18.4 Å². The van der Waals surface area contributed by atoms with E-state index in [1.165, 1.54) is 6.07 Å². The minimum atomic E-state index is -0.393. The van der Waals surface area contributed by atoms with Crippen molar-refractivity contribution in [2.24, 2.45) is 4.99 Å². The summed E-state index contributed by atoms with van der Waals surface area (Å²) in [5.74, 6) is 0.506. The topological polar surface area (TPSA) is 28.5 Å². The molecule has 0 aliphatic carbocycles. The van der Waals surface area contributed by atoms with Crippen LogP contribution < -0.4 is 0 Å². The second-order valence-electron chi connectivity index (χ2n) is 4.69. The summed E-state index contributed by atoms with van der Waals surface area (Å²) < 4.78 is 13.3. The van der Waals surface area contributed by atoms with E-state index in [1.54, 1.807) is 0 Å². The van der Waals surface area contributed by atoms with E-state index in [9.17, 15) is 4.39 Å². The molecular weight excluding hydrogens is 265 g/mol. The predicted octanol–water partition coefficient (Wildman–Crippen LogP) is 3.28. The fourth-order valence-corrected chi connectivity index (χ4v) is 2.51. The van der Waals surface area contributed by atoms with Crippen LogP contribution in [-0.2, 0) is 0 Å². The molecule has 0 radical (unpaired) electrons. The Balaban J connectivity index is 2.01. The molecule has 0 N–H and O–H groups in total. The van der Waals surface area contributed by atoms with Crippen LogP contribution in [0, 0.1) is 5.82 Å². The third kappa shape index (κ3) is 2.28. The number of pyridine rings is 1. The molecule has 1 aromatic rings. The first-order chi connectivity index (χ1) is 9.15. The molecule has 0 bridgehead atoms. The van der Waals surface area contributed by atoms with E-state index in [0.29, 0.717) is 16.8 Å². The van der Waals surface area contributed by atoms with Gasteiger partial charge in [0.25, 0.3) is 0 Å². The van der Waals surface area contributed by atoms with E-state index < -0.39 is 5.82 Å². The standard InChI is InChI=1S/C14H13ClFN3/c1-9-2-4-17-13-6-10(3-5-19(9)13)12-7-11(16)8-18-14(12)15/h3,5-9H,2,4H2,1H3. The van der Waals surface area contributed by atoms with Crippen LogP contribution >= 0.6 is 11.6 Å². The van der Waals surface area contributed by atoms with Crippen molar-refractivity contribution in [1.82, 2.24) is 9.88 Å². The van der Waals surface area contributed by atoms with Gasteiger partial charge in [0.2, 0.25) is 0 Å². The lowest BCUT2D eigenvalue weighted by molar-refractivity contribution is 0.388. The number of nitrogens with zero attached hydrogens (tertiary/aromatic N) is 3. The molecule has 1 atom stereocenters. The van der Waals surface area contributed by atoms with Gasteiger partial charge in [-0.05, 0) is 37.1 Å². The molecule has 19 heavy (non-hydrogen) atoms. The third-order valence-corrected chi connectivity index (χ3v) is 3.68. The number of rotatable bonds is 1. The van der Waals surface area contributed by atoms with Crippen LogP contribution in [0.25, 0.3) is 5.57 Å². The molecule has 0 saturated heterocycles. The van der Waals surface area contributed by atoms with Gasteiger partial charge in [0.05, 0.1) is 6.20 Å². The molecule has 3 nitrogen and oxygen atoms in total. The van der Waals surface area contributed by atoms with Crippen molar-refractivity contribution in [2.75, 3.05) is 6.54 Å². The summed E-state index contributed by atoms with van der Waals surface area (Å²) in [4.78, 5) is 10.4. The quantitative estimate of drug-likeness (QED) is 0.737. The zero-order valence-electron chi connectivity index (χ0n) is 10.5. The van der Waals surface area contributed by atoms with Gasteiger partial charge in [0.1, 0.15) is 16.8 Å². The lowest BCUT2D eigenvalue weighted by atomic mass is 10.0. The van der Waals surface area contributed by atoms with Gasteiger partial charge in [0.15, 0.2) is 0 Å². The van der Waals surface area contributed by atoms with Crippen LogP contribution in [0.2, 0.25) is 5.15 Å². The van der Waals surface area contributed by atoms with Crippen molar-refractivity contribution in [3.05, 3.63) is 47.1 Å². The fraction of sp³-hybridized carbons (Fsp3) is 0.286. The number of hydrogen-bond donors (Lipinski definition) is 0. The van der Waals surface area contributed by atoms with Gasteiger partial charge >= 0.3 is 0 Å². The molecule has 1 unspecified atom stereocenters. The van der Waals surface area contributed by atoms with Crippen molar-refractivity contribution in [3.8, 4) is 0 Å². The lowest BCUT2D eigenvalue weighted by Crippen LogP contribution is -2.38. The smallest absolute Gasteiger partial charge is 0.142 e. The Labute approximate surface area is 116 Å². The van der Waals surface area contributed by atoms with E-state index in [2.05, 4.69) is 21.8 Å². The number of aromatic nitrogens is 1. The minimum Gasteiger partial charge on any atom is -0.330 e. The Bertz CT molecular complexity index is 607. The highest BCUT2D eigenvalue weighted by Crippen LogP contribution is 2.28. The van der Waals surface area contributed by atoms with Crippen molar-refractivity contribution in [3.63, 3.8) is 0 Å². The van der Waals surface area contributed by atoms with Crippen LogP contribution in [0.3, 0.4) is 0 Å². The van der Waals surface area contributed by atoms with Crippen LogP contribution in [0.4, 0.5) is 4.39 Å². The highest BCUT2D eigenvalue weighted by atomic mass is 35.5. The van der Waals surface area contributed by atoms with Crippen molar-refractivity contribution in [1.29, 1.82) is 0 Å². The summed E-state index contributed by atoms with van der Waals surface area (Å²) in [6.07, 6.45) is 7.98. The molecule has 3 heterocycles. The number of allylic oxidation sites excluding steroid dienone is 2. The Hall–Kier alpha value is -1.68. The van der Waals surface area contributed by atoms with Gasteiger partial charge in [-0.25, -0.2) is 9.37 Å². The molecule has 1 aromatic heterocycles. The molecule has 2 aliphatic heterocycles. The minimum absolute atomic E-state index is 0.301. The SMILES string of the molecule is CC1CCN=C2C=C(c3cc(F)cnc3Cl)C=CN21. The zero-order chi connectivity index (χ0) is 13.4. The zero-order valence-corrected chi connectivity index (χ0v) is 11.2. The number of amidine groups is 1. The number of halogens is 2. The van der Waals surface area contributed by atoms with Crippen LogP contribution in [-0.4, -0.2) is 28.3 Å². The Kier molecular flexibility index (Phi) is 3.11. The monoisotopic (exact) mass is 277 g/mol. The van der Waals surface area contributed by atoms with Crippen molar-refractivity contribution in [2.45, 2.75) is 19.4 Å². The van der Waals surface area contributed by atoms with Crippen LogP contribution in [0.1, 0.15) is 18.9 Å². The fourth-order valence-electron chi connectivity index (χ4n) is 2.30. The molecule has 2 aliphatic rings. The van der Waals surface area contributed by atoms with Gasteiger partial charge in [-0.1, -0.05) is 11.6 Å². The molecule has 0 spiro atoms. The predicted molar refractivity (Wildman–Crippen MR) is 74.5 cm³/mol. The Morgan fingerprint density at radius 2 is 2.32 bits per heavy atom. The van der Waals surface area contributed by atoms with E-state index in [0.717, 1.165) is 30.6 Å². The number of fused-ring (bicyclic) bond motifs is 1. The van der Waals surface area contributed by atoms with Gasteiger partial charge in [-0.15, -0.1) is 0 Å². The van der Waals surface area contributed by atoms with Gasteiger partial charge < -0.3 is 4.90 Å². The Morgan fingerprint density at radius 3 is 3.16 bits per heavy atom. The average Bonchev–Trinajstić information content (AvgIpc) is 2.41. The highest BCUT2D eigenvalue weighted by Gasteiger charge is 2.22. The number of hydrogen-bond acceptors (Lipinski definition) is 3. The first kappa shape index (κ1) is 12.4. The second kappa shape index (κ2) is 4.78. The van der Waals surface area contributed by atoms with Gasteiger partial charge in [-0.3, -0.25) is 4.99 Å². The highest BCUT2D eigenvalue weighted by molar-refractivity contribution is 6.31. The summed E-state index contributed by atoms with van der Waals surface area (Å²) in [5.41, 5.74) is 1.43. The van der Waals surface area contributed by atoms with E-state index >= 15 is 0 Å². The summed E-state index contributed by atoms with van der Waals surface area (Å²) in [5, 5.41) is 0.301. The average molecular weight is 278 g/mol. The van der Waals surface area contributed by atoms with E-state index in [-0.39, 0.29) is 0 Å². The van der Waals surface area contributed by atoms with Crippen molar-refractivity contribution >= 4 is 23.0 Å². The molecule has 5 heteroatoms. The largest absolute Gasteiger partial charge is 0.330 e. The van der Waals surface area contributed by atoms with Gasteiger partial charge in [0, 0.05) is 24.4 Å². The molecule has 98 valence electrons. The first-order valence-electron chi connectivity index (χ1n) is 6.19. The normalized spacial score (nSPS) is 21.8. The lowest BCUT2D eigenvalue weighted by Gasteiger charge is -2.33. The maximum absolute atomic E-state index is 13.3. The molecule has 0 saturated carbocycles. The van der Waals surface area contributed by atoms with E-state index in [4.69, 9.17) is 11.6 Å². The molecule has 0 aromatic carbocycles. The maximum Gasteiger partial charge on any atom is 0.142 e. The van der Waals surface area contributed by atoms with Crippen LogP contribution in [0.5, 0.6) is 0 Å². The Morgan fingerprint density at radius 1 is 1.47 bits per heavy atom. The first-order valence-corrected chi connectivity index (χ1v) is 6.57. The number of aliphatic imine (C=N–C) groups is 1.